The predicted molar refractivity (Wildman–Crippen MR) is 61.8 cm³/mol. The van der Waals surface area contributed by atoms with Gasteiger partial charge in [0, 0.05) is 13.1 Å². The number of nitrogens with zero attached hydrogens (tertiary/aromatic N) is 3. The molecule has 1 amide bonds. The predicted octanol–water partition coefficient (Wildman–Crippen LogP) is -0.986. The third-order valence-corrected chi connectivity index (χ3v) is 2.22. The van der Waals surface area contributed by atoms with Gasteiger partial charge in [-0.25, -0.2) is 4.68 Å². The summed E-state index contributed by atoms with van der Waals surface area (Å²) in [5, 5.41) is 19.3. The highest BCUT2D eigenvalue weighted by molar-refractivity contribution is 5.75. The van der Waals surface area contributed by atoms with E-state index in [4.69, 9.17) is 10.8 Å². The minimum Gasteiger partial charge on any atom is -0.393 e. The van der Waals surface area contributed by atoms with Crippen LogP contribution in [-0.4, -0.2) is 38.7 Å². The molecule has 0 saturated heterocycles. The largest absolute Gasteiger partial charge is 0.393 e. The molecule has 7 heteroatoms. The summed E-state index contributed by atoms with van der Waals surface area (Å²) >= 11 is 0. The van der Waals surface area contributed by atoms with Gasteiger partial charge in [-0.05, 0) is 19.8 Å². The average molecular weight is 241 g/mol. The van der Waals surface area contributed by atoms with Gasteiger partial charge in [-0.3, -0.25) is 4.79 Å². The van der Waals surface area contributed by atoms with Crippen LogP contribution in [0.2, 0.25) is 0 Å². The van der Waals surface area contributed by atoms with Crippen molar-refractivity contribution >= 4 is 5.91 Å². The van der Waals surface area contributed by atoms with Crippen LogP contribution in [0.5, 0.6) is 0 Å². The molecule has 1 aromatic heterocycles. The van der Waals surface area contributed by atoms with E-state index in [0.29, 0.717) is 25.2 Å². The number of amides is 1. The number of aliphatic hydroxyl groups is 1. The van der Waals surface area contributed by atoms with Crippen molar-refractivity contribution in [3.05, 3.63) is 11.9 Å². The summed E-state index contributed by atoms with van der Waals surface area (Å²) in [6.07, 6.45) is 2.76. The fraction of sp³-hybridized carbons (Fsp3) is 0.700. The van der Waals surface area contributed by atoms with Gasteiger partial charge in [0.05, 0.1) is 18.0 Å². The van der Waals surface area contributed by atoms with Gasteiger partial charge in [-0.1, -0.05) is 5.21 Å². The zero-order valence-electron chi connectivity index (χ0n) is 9.96. The van der Waals surface area contributed by atoms with Crippen molar-refractivity contribution in [3.63, 3.8) is 0 Å². The number of aromatic nitrogens is 3. The zero-order chi connectivity index (χ0) is 12.7. The Balaban J connectivity index is 2.20. The van der Waals surface area contributed by atoms with E-state index in [1.165, 1.54) is 4.68 Å². The second-order valence-electron chi connectivity index (χ2n) is 3.95. The van der Waals surface area contributed by atoms with E-state index in [0.717, 1.165) is 6.42 Å². The molecule has 7 nitrogen and oxygen atoms in total. The summed E-state index contributed by atoms with van der Waals surface area (Å²) in [5.41, 5.74) is 6.04. The van der Waals surface area contributed by atoms with E-state index in [1.807, 2.05) is 0 Å². The van der Waals surface area contributed by atoms with Crippen molar-refractivity contribution in [1.29, 1.82) is 0 Å². The first-order chi connectivity index (χ1) is 8.11. The molecule has 1 aromatic rings. The lowest BCUT2D eigenvalue weighted by molar-refractivity contribution is -0.121. The van der Waals surface area contributed by atoms with Crippen molar-refractivity contribution in [1.82, 2.24) is 20.3 Å². The van der Waals surface area contributed by atoms with Crippen LogP contribution in [0.15, 0.2) is 6.20 Å². The van der Waals surface area contributed by atoms with E-state index < -0.39 is 0 Å². The van der Waals surface area contributed by atoms with Crippen molar-refractivity contribution in [2.24, 2.45) is 5.73 Å². The number of rotatable bonds is 7. The highest BCUT2D eigenvalue weighted by atomic mass is 16.3. The second kappa shape index (κ2) is 6.97. The van der Waals surface area contributed by atoms with Crippen LogP contribution in [0, 0.1) is 0 Å². The fourth-order valence-electron chi connectivity index (χ4n) is 1.34. The Labute approximate surface area is 100.0 Å². The number of hydrogen-bond acceptors (Lipinski definition) is 5. The van der Waals surface area contributed by atoms with Crippen LogP contribution in [0.1, 0.15) is 25.5 Å². The lowest BCUT2D eigenvalue weighted by atomic mass is 10.2. The Hall–Kier alpha value is -1.47. The molecule has 0 aliphatic carbocycles. The maximum absolute atomic E-state index is 11.5. The van der Waals surface area contributed by atoms with Gasteiger partial charge in [0.1, 0.15) is 6.54 Å². The molecule has 1 heterocycles. The minimum atomic E-state index is -0.325. The molecule has 4 N–H and O–H groups in total. The maximum atomic E-state index is 11.5. The summed E-state index contributed by atoms with van der Waals surface area (Å²) in [6, 6.07) is 0. The monoisotopic (exact) mass is 241 g/mol. The zero-order valence-corrected chi connectivity index (χ0v) is 9.96. The highest BCUT2D eigenvalue weighted by Gasteiger charge is 2.05. The van der Waals surface area contributed by atoms with Gasteiger partial charge in [0.25, 0.3) is 0 Å². The van der Waals surface area contributed by atoms with Crippen LogP contribution in [0.25, 0.3) is 0 Å². The van der Waals surface area contributed by atoms with Gasteiger partial charge in [-0.2, -0.15) is 0 Å². The van der Waals surface area contributed by atoms with Gasteiger partial charge >= 0.3 is 0 Å². The Morgan fingerprint density at radius 1 is 1.71 bits per heavy atom. The van der Waals surface area contributed by atoms with E-state index in [-0.39, 0.29) is 18.6 Å². The van der Waals surface area contributed by atoms with E-state index >= 15 is 0 Å². The van der Waals surface area contributed by atoms with E-state index in [2.05, 4.69) is 15.6 Å². The minimum absolute atomic E-state index is 0.121. The topological polar surface area (TPSA) is 106 Å². The van der Waals surface area contributed by atoms with E-state index in [1.54, 1.807) is 13.1 Å². The number of aliphatic hydroxyl groups excluding tert-OH is 1. The Morgan fingerprint density at radius 2 is 2.47 bits per heavy atom. The smallest absolute Gasteiger partial charge is 0.241 e. The first-order valence-electron chi connectivity index (χ1n) is 5.65. The molecule has 1 atom stereocenters. The molecule has 17 heavy (non-hydrogen) atoms. The molecule has 0 aliphatic heterocycles. The number of hydrogen-bond donors (Lipinski definition) is 3. The Bertz CT molecular complexity index is 350. The fourth-order valence-corrected chi connectivity index (χ4v) is 1.34. The van der Waals surface area contributed by atoms with Crippen molar-refractivity contribution in [3.8, 4) is 0 Å². The average Bonchev–Trinajstić information content (AvgIpc) is 2.72. The molecule has 0 fully saturated rings. The molecule has 1 unspecified atom stereocenters. The van der Waals surface area contributed by atoms with Gasteiger partial charge in [0.15, 0.2) is 0 Å². The number of carbonyl (C=O) groups excluding carboxylic acids is 1. The molecule has 0 saturated carbocycles. The van der Waals surface area contributed by atoms with Crippen LogP contribution < -0.4 is 11.1 Å². The number of nitrogens with two attached hydrogens (primary N) is 1. The lowest BCUT2D eigenvalue weighted by Gasteiger charge is -2.06. The first kappa shape index (κ1) is 13.6. The third kappa shape index (κ3) is 5.41. The summed E-state index contributed by atoms with van der Waals surface area (Å²) in [6.45, 7) is 2.74. The molecule has 0 spiro atoms. The molecule has 96 valence electrons. The van der Waals surface area contributed by atoms with Crippen molar-refractivity contribution in [2.75, 3.05) is 6.54 Å². The summed E-state index contributed by atoms with van der Waals surface area (Å²) < 4.78 is 1.45. The maximum Gasteiger partial charge on any atom is 0.241 e. The second-order valence-corrected chi connectivity index (χ2v) is 3.95. The summed E-state index contributed by atoms with van der Waals surface area (Å²) in [5.74, 6) is -0.121. The molecule has 0 radical (unpaired) electrons. The molecule has 1 rings (SSSR count). The molecule has 0 aliphatic rings. The summed E-state index contributed by atoms with van der Waals surface area (Å²) in [7, 11) is 0. The molecule has 0 bridgehead atoms. The van der Waals surface area contributed by atoms with Crippen molar-refractivity contribution in [2.45, 2.75) is 39.0 Å². The summed E-state index contributed by atoms with van der Waals surface area (Å²) in [4.78, 5) is 11.5. The normalized spacial score (nSPS) is 12.4. The van der Waals surface area contributed by atoms with Crippen molar-refractivity contribution < 1.29 is 9.90 Å². The number of nitrogens with one attached hydrogen (secondary N) is 1. The molecular formula is C10H19N5O2. The van der Waals surface area contributed by atoms with Gasteiger partial charge < -0.3 is 16.2 Å². The van der Waals surface area contributed by atoms with E-state index in [9.17, 15) is 4.79 Å². The van der Waals surface area contributed by atoms with Crippen LogP contribution in [0.4, 0.5) is 0 Å². The SMILES string of the molecule is CC(O)CCCNC(=O)Cn1cc(CN)nn1. The lowest BCUT2D eigenvalue weighted by Crippen LogP contribution is -2.29. The van der Waals surface area contributed by atoms with Gasteiger partial charge in [-0.15, -0.1) is 5.10 Å². The standard InChI is InChI=1S/C10H19N5O2/c1-8(16)3-2-4-12-10(17)7-15-6-9(5-11)13-14-15/h6,8,16H,2-5,7,11H2,1H3,(H,12,17). The first-order valence-corrected chi connectivity index (χ1v) is 5.65. The van der Waals surface area contributed by atoms with Crippen LogP contribution in [-0.2, 0) is 17.9 Å². The number of carbonyl (C=O) groups is 1. The Kier molecular flexibility index (Phi) is 5.58. The third-order valence-electron chi connectivity index (χ3n) is 2.22. The highest BCUT2D eigenvalue weighted by Crippen LogP contribution is 1.94. The molecule has 0 aromatic carbocycles. The van der Waals surface area contributed by atoms with Crippen LogP contribution >= 0.6 is 0 Å². The molecular weight excluding hydrogens is 222 g/mol. The van der Waals surface area contributed by atoms with Crippen LogP contribution in [0.3, 0.4) is 0 Å². The Morgan fingerprint density at radius 3 is 3.06 bits per heavy atom. The quantitative estimate of drug-likeness (QED) is 0.532. The van der Waals surface area contributed by atoms with Gasteiger partial charge in [0.2, 0.25) is 5.91 Å².